The second kappa shape index (κ2) is 5.32. The first-order valence-electron chi connectivity index (χ1n) is 5.66. The van der Waals surface area contributed by atoms with E-state index in [1.165, 1.54) is 6.07 Å². The molecule has 0 spiro atoms. The van der Waals surface area contributed by atoms with Crippen LogP contribution >= 0.6 is 11.6 Å². The second-order valence-corrected chi connectivity index (χ2v) is 6.31. The molecular weight excluding hydrogens is 286 g/mol. The maximum absolute atomic E-state index is 12.1. The molecule has 0 aliphatic carbocycles. The number of rotatable bonds is 4. The molecule has 0 aliphatic heterocycles. The van der Waals surface area contributed by atoms with Gasteiger partial charge in [0.05, 0.1) is 10.7 Å². The third kappa shape index (κ3) is 2.97. The summed E-state index contributed by atoms with van der Waals surface area (Å²) >= 11 is 5.89. The van der Waals surface area contributed by atoms with Crippen molar-refractivity contribution >= 4 is 21.6 Å². The highest BCUT2D eigenvalue weighted by atomic mass is 35.5. The van der Waals surface area contributed by atoms with Gasteiger partial charge >= 0.3 is 0 Å². The molecule has 0 amide bonds. The Kier molecular flexibility index (Phi) is 3.93. The van der Waals surface area contributed by atoms with Gasteiger partial charge in [0.25, 0.3) is 0 Å². The number of H-pyrrole nitrogens is 1. The summed E-state index contributed by atoms with van der Waals surface area (Å²) < 4.78 is 26.8. The fraction of sp³-hybridized carbons (Fsp3) is 0.250. The van der Waals surface area contributed by atoms with Crippen LogP contribution in [0, 0.1) is 13.8 Å². The molecule has 0 fully saturated rings. The van der Waals surface area contributed by atoms with Crippen molar-refractivity contribution < 1.29 is 8.42 Å². The van der Waals surface area contributed by atoms with Gasteiger partial charge in [-0.25, -0.2) is 13.1 Å². The molecule has 2 rings (SSSR count). The summed E-state index contributed by atoms with van der Waals surface area (Å²) in [4.78, 5) is 0.0791. The van der Waals surface area contributed by atoms with Crippen molar-refractivity contribution in [1.29, 1.82) is 0 Å². The lowest BCUT2D eigenvalue weighted by Crippen LogP contribution is -2.24. The van der Waals surface area contributed by atoms with Crippen molar-refractivity contribution in [2.75, 3.05) is 0 Å². The van der Waals surface area contributed by atoms with E-state index in [4.69, 9.17) is 11.6 Å². The van der Waals surface area contributed by atoms with E-state index >= 15 is 0 Å². The summed E-state index contributed by atoms with van der Waals surface area (Å²) in [5, 5.41) is 7.04. The van der Waals surface area contributed by atoms with Crippen LogP contribution in [0.5, 0.6) is 0 Å². The van der Waals surface area contributed by atoms with E-state index in [0.29, 0.717) is 0 Å². The van der Waals surface area contributed by atoms with E-state index in [9.17, 15) is 8.42 Å². The Bertz CT molecular complexity index is 675. The quantitative estimate of drug-likeness (QED) is 0.908. The third-order valence-corrected chi connectivity index (χ3v) is 4.75. The average molecular weight is 300 g/mol. The molecule has 0 radical (unpaired) electrons. The molecule has 0 saturated heterocycles. The number of hydrogen-bond donors (Lipinski definition) is 2. The Labute approximate surface area is 117 Å². The van der Waals surface area contributed by atoms with Crippen molar-refractivity contribution in [3.05, 3.63) is 46.2 Å². The van der Waals surface area contributed by atoms with Crippen LogP contribution < -0.4 is 4.72 Å². The normalized spacial score (nSPS) is 11.7. The van der Waals surface area contributed by atoms with E-state index in [1.54, 1.807) is 18.2 Å². The molecule has 2 aromatic rings. The minimum Gasteiger partial charge on any atom is -0.282 e. The zero-order valence-electron chi connectivity index (χ0n) is 10.6. The van der Waals surface area contributed by atoms with Crippen LogP contribution in [-0.4, -0.2) is 18.6 Å². The molecular formula is C12H14ClN3O2S. The monoisotopic (exact) mass is 299 g/mol. The largest absolute Gasteiger partial charge is 0.282 e. The topological polar surface area (TPSA) is 74.8 Å². The molecule has 1 aromatic heterocycles. The van der Waals surface area contributed by atoms with Gasteiger partial charge in [0.2, 0.25) is 10.0 Å². The van der Waals surface area contributed by atoms with Gasteiger partial charge in [-0.1, -0.05) is 23.7 Å². The minimum atomic E-state index is -3.62. The summed E-state index contributed by atoms with van der Waals surface area (Å²) in [6, 6.07) is 6.34. The van der Waals surface area contributed by atoms with E-state index < -0.39 is 10.0 Å². The Balaban J connectivity index is 2.22. The minimum absolute atomic E-state index is 0.0791. The molecule has 1 aromatic carbocycles. The van der Waals surface area contributed by atoms with Gasteiger partial charge in [-0.3, -0.25) is 5.10 Å². The molecule has 0 bridgehead atoms. The maximum Gasteiger partial charge on any atom is 0.242 e. The first-order valence-corrected chi connectivity index (χ1v) is 7.52. The number of benzene rings is 1. The first kappa shape index (κ1) is 14.0. The van der Waals surface area contributed by atoms with Gasteiger partial charge in [0.1, 0.15) is 4.90 Å². The molecule has 0 atom stereocenters. The Morgan fingerprint density at radius 3 is 2.58 bits per heavy atom. The molecule has 2 N–H and O–H groups in total. The predicted molar refractivity (Wildman–Crippen MR) is 73.5 cm³/mol. The SMILES string of the molecule is Cc1n[nH]c(C)c1CNS(=O)(=O)c1ccccc1Cl. The zero-order chi connectivity index (χ0) is 14.0. The number of nitrogens with one attached hydrogen (secondary N) is 2. The fourth-order valence-corrected chi connectivity index (χ4v) is 3.25. The van der Waals surface area contributed by atoms with Crippen molar-refractivity contribution in [3.63, 3.8) is 0 Å². The van der Waals surface area contributed by atoms with Crippen LogP contribution in [0.4, 0.5) is 0 Å². The third-order valence-electron chi connectivity index (χ3n) is 2.85. The standard InChI is InChI=1S/C12H14ClN3O2S/c1-8-10(9(2)16-15-8)7-14-19(17,18)12-6-4-3-5-11(12)13/h3-6,14H,7H2,1-2H3,(H,15,16). The van der Waals surface area contributed by atoms with Crippen LogP contribution in [0.1, 0.15) is 17.0 Å². The van der Waals surface area contributed by atoms with Crippen molar-refractivity contribution in [2.45, 2.75) is 25.3 Å². The molecule has 0 saturated carbocycles. The highest BCUT2D eigenvalue weighted by Gasteiger charge is 2.18. The van der Waals surface area contributed by atoms with Gasteiger partial charge in [-0.15, -0.1) is 0 Å². The van der Waals surface area contributed by atoms with Crippen LogP contribution in [0.2, 0.25) is 5.02 Å². The summed E-state index contributed by atoms with van der Waals surface area (Å²) in [6.07, 6.45) is 0. The maximum atomic E-state index is 12.1. The first-order chi connectivity index (χ1) is 8.92. The molecule has 19 heavy (non-hydrogen) atoms. The van der Waals surface area contributed by atoms with Crippen LogP contribution in [0.25, 0.3) is 0 Å². The van der Waals surface area contributed by atoms with Crippen molar-refractivity contribution in [2.24, 2.45) is 0 Å². The summed E-state index contributed by atoms with van der Waals surface area (Å²) in [7, 11) is -3.62. The number of hydrogen-bond acceptors (Lipinski definition) is 3. The fourth-order valence-electron chi connectivity index (χ4n) is 1.74. The lowest BCUT2D eigenvalue weighted by atomic mass is 10.2. The molecule has 0 aliphatic rings. The van der Waals surface area contributed by atoms with Gasteiger partial charge in [-0.05, 0) is 26.0 Å². The number of aromatic nitrogens is 2. The zero-order valence-corrected chi connectivity index (χ0v) is 12.1. The second-order valence-electron chi connectivity index (χ2n) is 4.17. The molecule has 102 valence electrons. The summed E-state index contributed by atoms with van der Waals surface area (Å²) in [5.41, 5.74) is 2.47. The van der Waals surface area contributed by atoms with Gasteiger partial charge in [-0.2, -0.15) is 5.10 Å². The lowest BCUT2D eigenvalue weighted by Gasteiger charge is -2.08. The van der Waals surface area contributed by atoms with Gasteiger partial charge in [0, 0.05) is 17.8 Å². The van der Waals surface area contributed by atoms with Gasteiger partial charge in [0.15, 0.2) is 0 Å². The van der Waals surface area contributed by atoms with Gasteiger partial charge < -0.3 is 0 Å². The van der Waals surface area contributed by atoms with E-state index in [2.05, 4.69) is 14.9 Å². The molecule has 5 nitrogen and oxygen atoms in total. The summed E-state index contributed by atoms with van der Waals surface area (Å²) in [5.74, 6) is 0. The van der Waals surface area contributed by atoms with Crippen LogP contribution in [0.3, 0.4) is 0 Å². The number of sulfonamides is 1. The Morgan fingerprint density at radius 2 is 2.00 bits per heavy atom. The van der Waals surface area contributed by atoms with Crippen LogP contribution in [-0.2, 0) is 16.6 Å². The number of aryl methyl sites for hydroxylation is 2. The number of nitrogens with zero attached hydrogens (tertiary/aromatic N) is 1. The number of halogens is 1. The Morgan fingerprint density at radius 1 is 1.32 bits per heavy atom. The smallest absolute Gasteiger partial charge is 0.242 e. The highest BCUT2D eigenvalue weighted by Crippen LogP contribution is 2.20. The van der Waals surface area contributed by atoms with Crippen LogP contribution in [0.15, 0.2) is 29.2 Å². The average Bonchev–Trinajstić information content (AvgIpc) is 2.67. The van der Waals surface area contributed by atoms with Crippen molar-refractivity contribution in [3.8, 4) is 0 Å². The lowest BCUT2D eigenvalue weighted by molar-refractivity contribution is 0.581. The molecule has 0 unspecified atom stereocenters. The molecule has 7 heteroatoms. The predicted octanol–water partition coefficient (Wildman–Crippen LogP) is 2.16. The highest BCUT2D eigenvalue weighted by molar-refractivity contribution is 7.89. The molecule has 1 heterocycles. The Hall–Kier alpha value is -1.37. The van der Waals surface area contributed by atoms with E-state index in [-0.39, 0.29) is 16.5 Å². The summed E-state index contributed by atoms with van der Waals surface area (Å²) in [6.45, 7) is 3.85. The van der Waals surface area contributed by atoms with Crippen molar-refractivity contribution in [1.82, 2.24) is 14.9 Å². The van der Waals surface area contributed by atoms with E-state index in [0.717, 1.165) is 17.0 Å². The van der Waals surface area contributed by atoms with E-state index in [1.807, 2.05) is 13.8 Å². The number of aromatic amines is 1.